The summed E-state index contributed by atoms with van der Waals surface area (Å²) < 4.78 is 23.7. The first kappa shape index (κ1) is 33.0. The maximum atomic E-state index is 13.8. The SMILES string of the molecule is CN(C(=O)[C@@H](NC(=O)[C@H](CC1CCCC1)CN(O)C=O)C(C)(C)C)C1CCN(C(=O)c2ccc(S(C)(=O)=O)s2)CC1. The monoisotopic (exact) mass is 612 g/mol. The minimum absolute atomic E-state index is 0.130. The fourth-order valence-electron chi connectivity index (χ4n) is 5.72. The van der Waals surface area contributed by atoms with Crippen LogP contribution in [0.1, 0.15) is 75.4 Å². The standard InChI is InChI=1S/C28H44N4O7S2/c1-28(2,3)24(29-25(34)20(17-32(37)18-33)16-19-8-6-7-9-19)27(36)30(4)21-12-14-31(15-13-21)26(35)22-10-11-23(40-22)41(5,38)39/h10-11,18-21,24,37H,6-9,12-17H2,1-5H3,(H,29,34)/t20-,24-/m1/s1. The van der Waals surface area contributed by atoms with Gasteiger partial charge in [-0.15, -0.1) is 11.3 Å². The van der Waals surface area contributed by atoms with E-state index in [4.69, 9.17) is 0 Å². The summed E-state index contributed by atoms with van der Waals surface area (Å²) in [7, 11) is -1.67. The normalized spacial score (nSPS) is 18.5. The molecule has 41 heavy (non-hydrogen) atoms. The van der Waals surface area contributed by atoms with Crippen LogP contribution in [0.5, 0.6) is 0 Å². The molecule has 0 radical (unpaired) electrons. The summed E-state index contributed by atoms with van der Waals surface area (Å²) >= 11 is 0.961. The summed E-state index contributed by atoms with van der Waals surface area (Å²) in [6, 6.07) is 2.02. The number of nitrogens with one attached hydrogen (secondary N) is 1. The van der Waals surface area contributed by atoms with Gasteiger partial charge < -0.3 is 15.1 Å². The van der Waals surface area contributed by atoms with Crippen molar-refractivity contribution in [2.45, 2.75) is 82.0 Å². The van der Waals surface area contributed by atoms with Crippen molar-refractivity contribution in [2.75, 3.05) is 32.9 Å². The number of sulfone groups is 1. The van der Waals surface area contributed by atoms with Gasteiger partial charge in [0.05, 0.1) is 17.3 Å². The van der Waals surface area contributed by atoms with Gasteiger partial charge in [0.2, 0.25) is 18.2 Å². The molecular weight excluding hydrogens is 568 g/mol. The Bertz CT molecular complexity index is 1200. The molecule has 230 valence electrons. The lowest BCUT2D eigenvalue weighted by Gasteiger charge is -2.40. The van der Waals surface area contributed by atoms with Gasteiger partial charge in [-0.05, 0) is 42.7 Å². The van der Waals surface area contributed by atoms with Crippen LogP contribution in [0.4, 0.5) is 0 Å². The molecule has 1 aromatic rings. The second-order valence-corrected chi connectivity index (χ2v) is 15.8. The maximum Gasteiger partial charge on any atom is 0.263 e. The molecule has 2 fully saturated rings. The van der Waals surface area contributed by atoms with Crippen LogP contribution in [-0.2, 0) is 24.2 Å². The zero-order valence-corrected chi connectivity index (χ0v) is 26.3. The minimum Gasteiger partial charge on any atom is -0.344 e. The lowest BCUT2D eigenvalue weighted by atomic mass is 9.84. The van der Waals surface area contributed by atoms with E-state index in [-0.39, 0.29) is 40.9 Å². The van der Waals surface area contributed by atoms with Crippen molar-refractivity contribution in [1.29, 1.82) is 0 Å². The third-order valence-electron chi connectivity index (χ3n) is 8.20. The van der Waals surface area contributed by atoms with Crippen molar-refractivity contribution in [2.24, 2.45) is 17.3 Å². The van der Waals surface area contributed by atoms with Gasteiger partial charge in [-0.2, -0.15) is 0 Å². The number of likely N-dealkylation sites (N-methyl/N-ethyl adjacent to an activating group) is 1. The quantitative estimate of drug-likeness (QED) is 0.222. The average Bonchev–Trinajstić information content (AvgIpc) is 3.62. The number of carbonyl (C=O) groups is 4. The zero-order valence-electron chi connectivity index (χ0n) is 24.7. The number of nitrogens with zero attached hydrogens (tertiary/aromatic N) is 3. The smallest absolute Gasteiger partial charge is 0.263 e. The molecule has 1 aromatic heterocycles. The van der Waals surface area contributed by atoms with Crippen LogP contribution >= 0.6 is 11.3 Å². The van der Waals surface area contributed by atoms with E-state index in [1.807, 2.05) is 20.8 Å². The molecule has 0 aromatic carbocycles. The average molecular weight is 613 g/mol. The highest BCUT2D eigenvalue weighted by atomic mass is 32.2. The highest BCUT2D eigenvalue weighted by molar-refractivity contribution is 7.92. The third-order valence-corrected chi connectivity index (χ3v) is 11.1. The topological polar surface area (TPSA) is 144 Å². The van der Waals surface area contributed by atoms with E-state index in [2.05, 4.69) is 5.32 Å². The first-order valence-corrected chi connectivity index (χ1v) is 16.9. The lowest BCUT2D eigenvalue weighted by Crippen LogP contribution is -2.58. The number of carbonyl (C=O) groups excluding carboxylic acids is 4. The molecule has 3 rings (SSSR count). The van der Waals surface area contributed by atoms with Crippen LogP contribution in [0.2, 0.25) is 0 Å². The second kappa shape index (κ2) is 13.6. The number of hydroxylamine groups is 2. The van der Waals surface area contributed by atoms with Crippen molar-refractivity contribution in [3.8, 4) is 0 Å². The molecular formula is C28H44N4O7S2. The van der Waals surface area contributed by atoms with E-state index >= 15 is 0 Å². The van der Waals surface area contributed by atoms with Gasteiger partial charge in [-0.1, -0.05) is 46.5 Å². The van der Waals surface area contributed by atoms with Crippen molar-refractivity contribution < 1.29 is 32.8 Å². The molecule has 11 nitrogen and oxygen atoms in total. The molecule has 2 N–H and O–H groups in total. The molecule has 1 aliphatic heterocycles. The number of rotatable bonds is 11. The van der Waals surface area contributed by atoms with E-state index in [0.29, 0.717) is 48.2 Å². The Morgan fingerprint density at radius 3 is 2.27 bits per heavy atom. The van der Waals surface area contributed by atoms with Crippen molar-refractivity contribution in [3.63, 3.8) is 0 Å². The van der Waals surface area contributed by atoms with Gasteiger partial charge in [0.15, 0.2) is 9.84 Å². The minimum atomic E-state index is -3.38. The fraction of sp³-hybridized carbons (Fsp3) is 0.714. The number of piperidine rings is 1. The Balaban J connectivity index is 1.65. The van der Waals surface area contributed by atoms with Gasteiger partial charge in [-0.3, -0.25) is 24.4 Å². The highest BCUT2D eigenvalue weighted by Crippen LogP contribution is 2.32. The summed E-state index contributed by atoms with van der Waals surface area (Å²) in [6.45, 7) is 6.35. The van der Waals surface area contributed by atoms with E-state index in [1.54, 1.807) is 16.8 Å². The van der Waals surface area contributed by atoms with E-state index in [9.17, 15) is 32.8 Å². The van der Waals surface area contributed by atoms with Crippen molar-refractivity contribution in [3.05, 3.63) is 17.0 Å². The van der Waals surface area contributed by atoms with Gasteiger partial charge in [0.25, 0.3) is 5.91 Å². The predicted octanol–water partition coefficient (Wildman–Crippen LogP) is 2.79. The van der Waals surface area contributed by atoms with Crippen molar-refractivity contribution >= 4 is 45.3 Å². The number of thiophene rings is 1. The number of amides is 4. The molecule has 13 heteroatoms. The molecule has 2 heterocycles. The highest BCUT2D eigenvalue weighted by Gasteiger charge is 2.39. The molecule has 2 aliphatic rings. The Morgan fingerprint density at radius 1 is 1.15 bits per heavy atom. The first-order valence-electron chi connectivity index (χ1n) is 14.2. The Labute approximate surface area is 247 Å². The number of likely N-dealkylation sites (tertiary alicyclic amines) is 1. The van der Waals surface area contributed by atoms with Crippen LogP contribution in [0.25, 0.3) is 0 Å². The van der Waals surface area contributed by atoms with E-state index < -0.39 is 27.2 Å². The fourth-order valence-corrected chi connectivity index (χ4v) is 7.62. The Morgan fingerprint density at radius 2 is 1.76 bits per heavy atom. The summed E-state index contributed by atoms with van der Waals surface area (Å²) in [4.78, 5) is 54.9. The first-order chi connectivity index (χ1) is 19.1. The van der Waals surface area contributed by atoms with Gasteiger partial charge in [0, 0.05) is 32.4 Å². The molecule has 1 saturated carbocycles. The summed E-state index contributed by atoms with van der Waals surface area (Å²) in [5, 5.41) is 13.3. The summed E-state index contributed by atoms with van der Waals surface area (Å²) in [5.41, 5.74) is -0.602. The van der Waals surface area contributed by atoms with Crippen LogP contribution in [0.3, 0.4) is 0 Å². The molecule has 4 amide bonds. The van der Waals surface area contributed by atoms with Gasteiger partial charge in [0.1, 0.15) is 10.3 Å². The van der Waals surface area contributed by atoms with E-state index in [1.165, 1.54) is 12.1 Å². The van der Waals surface area contributed by atoms with Crippen LogP contribution in [-0.4, -0.2) is 97.6 Å². The second-order valence-electron chi connectivity index (χ2n) is 12.5. The van der Waals surface area contributed by atoms with Gasteiger partial charge >= 0.3 is 0 Å². The summed E-state index contributed by atoms with van der Waals surface area (Å²) in [6.07, 6.45) is 7.25. The lowest BCUT2D eigenvalue weighted by molar-refractivity contribution is -0.156. The number of hydrogen-bond acceptors (Lipinski definition) is 8. The predicted molar refractivity (Wildman–Crippen MR) is 155 cm³/mol. The van der Waals surface area contributed by atoms with Gasteiger partial charge in [-0.25, -0.2) is 13.5 Å². The zero-order chi connectivity index (χ0) is 30.5. The third kappa shape index (κ3) is 8.74. The van der Waals surface area contributed by atoms with Crippen molar-refractivity contribution in [1.82, 2.24) is 20.2 Å². The largest absolute Gasteiger partial charge is 0.344 e. The summed E-state index contributed by atoms with van der Waals surface area (Å²) in [5.74, 6) is -1.10. The maximum absolute atomic E-state index is 13.8. The van der Waals surface area contributed by atoms with Crippen LogP contribution < -0.4 is 5.32 Å². The molecule has 1 aliphatic carbocycles. The molecule has 0 unspecified atom stereocenters. The molecule has 0 bridgehead atoms. The van der Waals surface area contributed by atoms with Crippen LogP contribution in [0, 0.1) is 17.3 Å². The molecule has 2 atom stereocenters. The Hall–Kier alpha value is -2.51. The van der Waals surface area contributed by atoms with E-state index in [0.717, 1.165) is 43.3 Å². The molecule has 1 saturated heterocycles. The molecule has 0 spiro atoms. The number of hydrogen-bond donors (Lipinski definition) is 2. The Kier molecular flexibility index (Phi) is 11.0. The van der Waals surface area contributed by atoms with Crippen LogP contribution in [0.15, 0.2) is 16.3 Å².